The quantitative estimate of drug-likeness (QED) is 0.619. The molecular weight excluding hydrogens is 364 g/mol. The highest BCUT2D eigenvalue weighted by Gasteiger charge is 2.22. The third kappa shape index (κ3) is 4.87. The number of benzene rings is 3. The van der Waals surface area contributed by atoms with Crippen LogP contribution in [0.5, 0.6) is 11.5 Å². The molecular formula is C24H29N2O3+. The van der Waals surface area contributed by atoms with E-state index in [2.05, 4.69) is 17.4 Å². The van der Waals surface area contributed by atoms with Gasteiger partial charge in [-0.15, -0.1) is 0 Å². The average molecular weight is 394 g/mol. The number of nitrogens with one attached hydrogen (secondary N) is 2. The predicted octanol–water partition coefficient (Wildman–Crippen LogP) is 2.94. The van der Waals surface area contributed by atoms with Gasteiger partial charge in [0, 0.05) is 17.5 Å². The lowest BCUT2D eigenvalue weighted by Gasteiger charge is -2.21. The van der Waals surface area contributed by atoms with Crippen molar-refractivity contribution in [2.45, 2.75) is 19.4 Å². The van der Waals surface area contributed by atoms with E-state index in [-0.39, 0.29) is 11.9 Å². The SMILES string of the molecule is COc1ccc(CC[NH+](C)[C@@H](C)C(=O)Nc2cccc3ccccc23)cc1OC. The molecule has 5 nitrogen and oxygen atoms in total. The standard InChI is InChI=1S/C24H28N2O3/c1-17(24(27)25-21-11-7-9-19-8-5-6-10-20(19)21)26(2)15-14-18-12-13-22(28-3)23(16-18)29-4/h5-13,16-17H,14-15H2,1-4H3,(H,25,27)/p+1/t17-/m0/s1. The topological polar surface area (TPSA) is 52.0 Å². The lowest BCUT2D eigenvalue weighted by molar-refractivity contribution is -0.893. The summed E-state index contributed by atoms with van der Waals surface area (Å²) >= 11 is 0. The first-order chi connectivity index (χ1) is 14.0. The fraction of sp³-hybridized carbons (Fsp3) is 0.292. The first kappa shape index (κ1) is 20.7. The third-order valence-electron chi connectivity index (χ3n) is 5.44. The monoisotopic (exact) mass is 393 g/mol. The second-order valence-electron chi connectivity index (χ2n) is 7.27. The maximum Gasteiger partial charge on any atom is 0.282 e. The van der Waals surface area contributed by atoms with Gasteiger partial charge >= 0.3 is 0 Å². The maximum absolute atomic E-state index is 12.8. The number of rotatable bonds is 8. The molecule has 152 valence electrons. The second-order valence-corrected chi connectivity index (χ2v) is 7.27. The van der Waals surface area contributed by atoms with Crippen molar-refractivity contribution in [1.82, 2.24) is 0 Å². The van der Waals surface area contributed by atoms with Crippen LogP contribution in [0.1, 0.15) is 12.5 Å². The van der Waals surface area contributed by atoms with E-state index in [9.17, 15) is 4.79 Å². The van der Waals surface area contributed by atoms with Gasteiger partial charge in [0.1, 0.15) is 0 Å². The summed E-state index contributed by atoms with van der Waals surface area (Å²) in [5.41, 5.74) is 2.01. The van der Waals surface area contributed by atoms with Gasteiger partial charge in [0.05, 0.1) is 27.8 Å². The molecule has 1 unspecified atom stereocenters. The Morgan fingerprint density at radius 2 is 1.72 bits per heavy atom. The molecule has 1 amide bonds. The molecule has 0 aliphatic rings. The van der Waals surface area contributed by atoms with Gasteiger partial charge in [0.2, 0.25) is 0 Å². The number of methoxy groups -OCH3 is 2. The van der Waals surface area contributed by atoms with E-state index in [0.717, 1.165) is 51.4 Å². The third-order valence-corrected chi connectivity index (χ3v) is 5.44. The minimum atomic E-state index is -0.172. The van der Waals surface area contributed by atoms with E-state index >= 15 is 0 Å². The van der Waals surface area contributed by atoms with Gasteiger partial charge in [0.25, 0.3) is 5.91 Å². The van der Waals surface area contributed by atoms with Crippen molar-refractivity contribution in [2.75, 3.05) is 33.1 Å². The van der Waals surface area contributed by atoms with Gasteiger partial charge in [-0.1, -0.05) is 42.5 Å². The summed E-state index contributed by atoms with van der Waals surface area (Å²) in [4.78, 5) is 14.0. The molecule has 0 saturated heterocycles. The van der Waals surface area contributed by atoms with Crippen LogP contribution in [0.25, 0.3) is 10.8 Å². The van der Waals surface area contributed by atoms with Crippen LogP contribution in [-0.4, -0.2) is 39.8 Å². The predicted molar refractivity (Wildman–Crippen MR) is 117 cm³/mol. The van der Waals surface area contributed by atoms with Crippen molar-refractivity contribution >= 4 is 22.4 Å². The van der Waals surface area contributed by atoms with Crippen LogP contribution in [0, 0.1) is 0 Å². The molecule has 3 rings (SSSR count). The highest BCUT2D eigenvalue weighted by Crippen LogP contribution is 2.27. The molecule has 0 saturated carbocycles. The summed E-state index contributed by atoms with van der Waals surface area (Å²) in [5, 5.41) is 5.27. The zero-order chi connectivity index (χ0) is 20.8. The van der Waals surface area contributed by atoms with E-state index in [1.165, 1.54) is 0 Å². The number of ether oxygens (including phenoxy) is 2. The molecule has 3 aromatic rings. The van der Waals surface area contributed by atoms with E-state index < -0.39 is 0 Å². The Kier molecular flexibility index (Phi) is 6.73. The summed E-state index contributed by atoms with van der Waals surface area (Å²) in [5.74, 6) is 1.47. The molecule has 0 aromatic heterocycles. The average Bonchev–Trinajstić information content (AvgIpc) is 2.76. The summed E-state index contributed by atoms with van der Waals surface area (Å²) < 4.78 is 10.7. The Morgan fingerprint density at radius 1 is 1.00 bits per heavy atom. The number of hydrogen-bond donors (Lipinski definition) is 2. The van der Waals surface area contributed by atoms with Crippen LogP contribution < -0.4 is 19.7 Å². The smallest absolute Gasteiger partial charge is 0.282 e. The van der Waals surface area contributed by atoms with E-state index in [1.807, 2.05) is 62.5 Å². The Bertz CT molecular complexity index is 982. The van der Waals surface area contributed by atoms with Gasteiger partial charge < -0.3 is 19.7 Å². The van der Waals surface area contributed by atoms with Crippen LogP contribution in [0.2, 0.25) is 0 Å². The highest BCUT2D eigenvalue weighted by molar-refractivity contribution is 6.03. The first-order valence-electron chi connectivity index (χ1n) is 9.85. The molecule has 0 radical (unpaired) electrons. The Morgan fingerprint density at radius 3 is 2.48 bits per heavy atom. The number of amides is 1. The summed E-state index contributed by atoms with van der Waals surface area (Å²) in [6, 6.07) is 19.8. The molecule has 0 fully saturated rings. The molecule has 0 heterocycles. The molecule has 3 aromatic carbocycles. The number of carbonyl (C=O) groups is 1. The fourth-order valence-electron chi connectivity index (χ4n) is 3.39. The normalized spacial score (nSPS) is 13.0. The van der Waals surface area contributed by atoms with Gasteiger partial charge in [-0.25, -0.2) is 0 Å². The van der Waals surface area contributed by atoms with Crippen molar-refractivity contribution in [1.29, 1.82) is 0 Å². The van der Waals surface area contributed by atoms with Gasteiger partial charge in [-0.2, -0.15) is 0 Å². The van der Waals surface area contributed by atoms with Crippen molar-refractivity contribution in [2.24, 2.45) is 0 Å². The highest BCUT2D eigenvalue weighted by atomic mass is 16.5. The van der Waals surface area contributed by atoms with Crippen LogP contribution >= 0.6 is 0 Å². The lowest BCUT2D eigenvalue weighted by Crippen LogP contribution is -3.14. The maximum atomic E-state index is 12.8. The summed E-state index contributed by atoms with van der Waals surface area (Å²) in [7, 11) is 5.32. The second kappa shape index (κ2) is 9.43. The molecule has 5 heteroatoms. The minimum Gasteiger partial charge on any atom is -0.493 e. The molecule has 2 N–H and O–H groups in total. The van der Waals surface area contributed by atoms with Gasteiger partial charge in [-0.3, -0.25) is 4.79 Å². The van der Waals surface area contributed by atoms with E-state index in [4.69, 9.17) is 9.47 Å². The first-order valence-corrected chi connectivity index (χ1v) is 9.85. The summed E-state index contributed by atoms with van der Waals surface area (Å²) in [6.45, 7) is 2.80. The van der Waals surface area contributed by atoms with Crippen molar-refractivity contribution < 1.29 is 19.2 Å². The van der Waals surface area contributed by atoms with Gasteiger partial charge in [0.15, 0.2) is 17.5 Å². The number of quaternary nitrogens is 1. The van der Waals surface area contributed by atoms with Crippen LogP contribution in [0.15, 0.2) is 60.7 Å². The molecule has 0 aliphatic heterocycles. The van der Waals surface area contributed by atoms with Crippen LogP contribution in [0.4, 0.5) is 5.69 Å². The Balaban J connectivity index is 1.62. The fourth-order valence-corrected chi connectivity index (χ4v) is 3.39. The van der Waals surface area contributed by atoms with Crippen LogP contribution in [0.3, 0.4) is 0 Å². The number of anilines is 1. The molecule has 2 atom stereocenters. The van der Waals surface area contributed by atoms with Crippen molar-refractivity contribution in [3.8, 4) is 11.5 Å². The number of likely N-dealkylation sites (N-methyl/N-ethyl adjacent to an activating group) is 1. The Labute approximate surface area is 172 Å². The van der Waals surface area contributed by atoms with E-state index in [1.54, 1.807) is 14.2 Å². The van der Waals surface area contributed by atoms with Crippen molar-refractivity contribution in [3.63, 3.8) is 0 Å². The van der Waals surface area contributed by atoms with E-state index in [0.29, 0.717) is 0 Å². The molecule has 0 aliphatic carbocycles. The zero-order valence-corrected chi connectivity index (χ0v) is 17.5. The molecule has 29 heavy (non-hydrogen) atoms. The minimum absolute atomic E-state index is 0.0196. The Hall–Kier alpha value is -3.05. The molecule has 0 spiro atoms. The number of hydrogen-bond acceptors (Lipinski definition) is 3. The number of fused-ring (bicyclic) bond motifs is 1. The zero-order valence-electron chi connectivity index (χ0n) is 17.5. The number of carbonyl (C=O) groups excluding carboxylic acids is 1. The molecule has 0 bridgehead atoms. The largest absolute Gasteiger partial charge is 0.493 e. The lowest BCUT2D eigenvalue weighted by atomic mass is 10.1. The van der Waals surface area contributed by atoms with Crippen LogP contribution in [-0.2, 0) is 11.2 Å². The van der Waals surface area contributed by atoms with Gasteiger partial charge in [-0.05, 0) is 36.1 Å². The summed E-state index contributed by atoms with van der Waals surface area (Å²) in [6.07, 6.45) is 0.845. The van der Waals surface area contributed by atoms with Crippen molar-refractivity contribution in [3.05, 3.63) is 66.2 Å².